The lowest BCUT2D eigenvalue weighted by molar-refractivity contribution is -0.134. The van der Waals surface area contributed by atoms with Crippen LogP contribution >= 0.6 is 0 Å². The Balaban J connectivity index is -0.0000000751. The molecular formula is C29H64N2O3. The first-order valence-electron chi connectivity index (χ1n) is 13.6. The number of unbranched alkanes of at least 4 members (excludes halogenated alkanes) is 1. The van der Waals surface area contributed by atoms with Crippen LogP contribution in [0.25, 0.3) is 0 Å². The molecule has 0 aliphatic rings. The summed E-state index contributed by atoms with van der Waals surface area (Å²) in [5.74, 6) is -0.674. The summed E-state index contributed by atoms with van der Waals surface area (Å²) in [6, 6.07) is -0.656. The third-order valence-corrected chi connectivity index (χ3v) is 3.45. The van der Waals surface area contributed by atoms with Gasteiger partial charge in [0, 0.05) is 12.5 Å². The van der Waals surface area contributed by atoms with Gasteiger partial charge in [-0.1, -0.05) is 108 Å². The van der Waals surface area contributed by atoms with Gasteiger partial charge in [0.15, 0.2) is 6.29 Å². The van der Waals surface area contributed by atoms with Gasteiger partial charge in [0.25, 0.3) is 0 Å². The average Bonchev–Trinajstić information content (AvgIpc) is 2.90. The fraction of sp³-hybridized carbons (Fsp3) is 0.759. The van der Waals surface area contributed by atoms with Gasteiger partial charge in [-0.25, -0.2) is 0 Å². The molecule has 0 aromatic carbocycles. The molecule has 2 unspecified atom stereocenters. The van der Waals surface area contributed by atoms with Crippen molar-refractivity contribution >= 4 is 18.0 Å². The number of allylic oxidation sites excluding steroid dienone is 1. The summed E-state index contributed by atoms with van der Waals surface area (Å²) >= 11 is 0. The molecule has 0 aliphatic heterocycles. The molecule has 208 valence electrons. The highest BCUT2D eigenvalue weighted by atomic mass is 16.2. The lowest BCUT2D eigenvalue weighted by atomic mass is 9.95. The summed E-state index contributed by atoms with van der Waals surface area (Å²) in [5.41, 5.74) is 0. The SMILES string of the molecule is C=CC.C=CCNC.CC.CC.CC.CC.CCCCC(CCC)C(=O)NC(CC)C(=O)C=O. The van der Waals surface area contributed by atoms with Crippen LogP contribution in [0.15, 0.2) is 25.3 Å². The van der Waals surface area contributed by atoms with Crippen molar-refractivity contribution in [2.24, 2.45) is 5.92 Å². The molecule has 0 aromatic heterocycles. The van der Waals surface area contributed by atoms with Crippen LogP contribution in [0.1, 0.15) is 122 Å². The molecule has 0 fully saturated rings. The highest BCUT2D eigenvalue weighted by molar-refractivity contribution is 6.27. The number of hydrogen-bond acceptors (Lipinski definition) is 4. The molecule has 34 heavy (non-hydrogen) atoms. The molecule has 2 N–H and O–H groups in total. The molecule has 0 bridgehead atoms. The monoisotopic (exact) mass is 488 g/mol. The van der Waals surface area contributed by atoms with E-state index in [-0.39, 0.29) is 18.1 Å². The fourth-order valence-electron chi connectivity index (χ4n) is 2.10. The lowest BCUT2D eigenvalue weighted by Gasteiger charge is -2.19. The lowest BCUT2D eigenvalue weighted by Crippen LogP contribution is -2.43. The van der Waals surface area contributed by atoms with E-state index in [4.69, 9.17) is 0 Å². The number of amides is 1. The summed E-state index contributed by atoms with van der Waals surface area (Å²) in [7, 11) is 1.89. The van der Waals surface area contributed by atoms with Gasteiger partial charge in [-0.15, -0.1) is 13.2 Å². The number of Topliss-reactive ketones (excluding diaryl/α,β-unsaturated/α-hetero) is 1. The second-order valence-electron chi connectivity index (χ2n) is 5.87. The third-order valence-electron chi connectivity index (χ3n) is 3.45. The van der Waals surface area contributed by atoms with E-state index in [1.54, 1.807) is 13.0 Å². The van der Waals surface area contributed by atoms with Gasteiger partial charge < -0.3 is 10.6 Å². The highest BCUT2D eigenvalue weighted by Crippen LogP contribution is 2.15. The van der Waals surface area contributed by atoms with Crippen LogP contribution in [0, 0.1) is 5.92 Å². The third kappa shape index (κ3) is 47.9. The maximum atomic E-state index is 12.0. The molecule has 0 spiro atoms. The molecule has 0 saturated carbocycles. The smallest absolute Gasteiger partial charge is 0.223 e. The van der Waals surface area contributed by atoms with Gasteiger partial charge in [-0.2, -0.15) is 0 Å². The Bertz CT molecular complexity index is 384. The molecule has 0 radical (unpaired) electrons. The van der Waals surface area contributed by atoms with E-state index in [0.29, 0.717) is 6.42 Å². The van der Waals surface area contributed by atoms with Gasteiger partial charge in [0.2, 0.25) is 11.7 Å². The number of hydrogen-bond donors (Lipinski definition) is 2. The maximum Gasteiger partial charge on any atom is 0.223 e. The van der Waals surface area contributed by atoms with Crippen molar-refractivity contribution in [1.82, 2.24) is 10.6 Å². The number of ketones is 1. The Labute approximate surface area is 215 Å². The van der Waals surface area contributed by atoms with Gasteiger partial charge in [0.1, 0.15) is 0 Å². The predicted molar refractivity (Wildman–Crippen MR) is 157 cm³/mol. The molecule has 0 aromatic rings. The number of nitrogens with one attached hydrogen (secondary N) is 2. The summed E-state index contributed by atoms with van der Waals surface area (Å²) < 4.78 is 0. The topological polar surface area (TPSA) is 75.3 Å². The van der Waals surface area contributed by atoms with Crippen LogP contribution < -0.4 is 10.6 Å². The van der Waals surface area contributed by atoms with E-state index >= 15 is 0 Å². The van der Waals surface area contributed by atoms with Crippen molar-refractivity contribution < 1.29 is 14.4 Å². The molecule has 1 amide bonds. The van der Waals surface area contributed by atoms with Crippen molar-refractivity contribution in [2.75, 3.05) is 13.6 Å². The van der Waals surface area contributed by atoms with Crippen LogP contribution in [0.4, 0.5) is 0 Å². The normalized spacial score (nSPS) is 9.44. The summed E-state index contributed by atoms with van der Waals surface area (Å²) in [6.07, 6.45) is 9.00. The van der Waals surface area contributed by atoms with Crippen LogP contribution in [-0.2, 0) is 14.4 Å². The Morgan fingerprint density at radius 3 is 1.53 bits per heavy atom. The van der Waals surface area contributed by atoms with Crippen molar-refractivity contribution in [2.45, 2.75) is 128 Å². The standard InChI is InChI=1S/C14H25NO3.C4H9N.C3H6.4C2H6/c1-4-7-9-11(8-5-2)14(18)15-12(6-3)13(17)10-16;1-3-4-5-2;1-3-2;4*1-2/h10-12H,4-9H2,1-3H3,(H,15,18);3,5H,1,4H2,2H3;3H,1H2,2H3;4*1-2H3. The second-order valence-corrected chi connectivity index (χ2v) is 5.87. The van der Waals surface area contributed by atoms with Crippen molar-refractivity contribution in [3.8, 4) is 0 Å². The molecular weight excluding hydrogens is 424 g/mol. The minimum absolute atomic E-state index is 0.0385. The Morgan fingerprint density at radius 2 is 1.29 bits per heavy atom. The van der Waals surface area contributed by atoms with E-state index in [1.165, 1.54) is 0 Å². The zero-order chi connectivity index (χ0) is 28.8. The van der Waals surface area contributed by atoms with Crippen LogP contribution in [0.2, 0.25) is 0 Å². The van der Waals surface area contributed by atoms with Gasteiger partial charge in [-0.05, 0) is 33.2 Å². The van der Waals surface area contributed by atoms with E-state index in [1.807, 2.05) is 82.4 Å². The molecule has 0 rings (SSSR count). The first kappa shape index (κ1) is 49.4. The van der Waals surface area contributed by atoms with Gasteiger partial charge in [0.05, 0.1) is 6.04 Å². The Kier molecular flexibility index (Phi) is 83.9. The molecule has 0 heterocycles. The largest absolute Gasteiger partial charge is 0.346 e. The van der Waals surface area contributed by atoms with E-state index < -0.39 is 11.8 Å². The molecule has 5 heteroatoms. The van der Waals surface area contributed by atoms with Crippen molar-refractivity contribution in [1.29, 1.82) is 0 Å². The molecule has 5 nitrogen and oxygen atoms in total. The first-order chi connectivity index (χ1) is 16.4. The first-order valence-corrected chi connectivity index (χ1v) is 13.6. The number of likely N-dealkylation sites (N-methyl/N-ethyl adjacent to an activating group) is 1. The van der Waals surface area contributed by atoms with E-state index in [2.05, 4.69) is 30.7 Å². The van der Waals surface area contributed by atoms with Crippen molar-refractivity contribution in [3.05, 3.63) is 25.3 Å². The molecule has 2 atom stereocenters. The van der Waals surface area contributed by atoms with Crippen LogP contribution in [-0.4, -0.2) is 37.6 Å². The number of carbonyl (C=O) groups excluding carboxylic acids is 3. The number of carbonyl (C=O) groups is 3. The Hall–Kier alpha value is -1.75. The molecule has 0 aliphatic carbocycles. The predicted octanol–water partition coefficient (Wildman–Crippen LogP) is 7.94. The minimum Gasteiger partial charge on any atom is -0.346 e. The van der Waals surface area contributed by atoms with E-state index in [9.17, 15) is 14.4 Å². The maximum absolute atomic E-state index is 12.0. The van der Waals surface area contributed by atoms with E-state index in [0.717, 1.165) is 38.6 Å². The second kappa shape index (κ2) is 57.8. The summed E-state index contributed by atoms with van der Waals surface area (Å²) in [6.45, 7) is 31.6. The van der Waals surface area contributed by atoms with Crippen LogP contribution in [0.5, 0.6) is 0 Å². The van der Waals surface area contributed by atoms with Gasteiger partial charge in [-0.3, -0.25) is 14.4 Å². The van der Waals surface area contributed by atoms with Crippen molar-refractivity contribution in [3.63, 3.8) is 0 Å². The van der Waals surface area contributed by atoms with Gasteiger partial charge >= 0.3 is 0 Å². The van der Waals surface area contributed by atoms with Crippen LogP contribution in [0.3, 0.4) is 0 Å². The zero-order valence-electron chi connectivity index (χ0n) is 25.5. The quantitative estimate of drug-likeness (QED) is 0.166. The number of aldehydes is 1. The fourth-order valence-corrected chi connectivity index (χ4v) is 2.10. The highest BCUT2D eigenvalue weighted by Gasteiger charge is 2.23. The average molecular weight is 489 g/mol. The summed E-state index contributed by atoms with van der Waals surface area (Å²) in [5, 5.41) is 5.59. The minimum atomic E-state index is -0.656. The summed E-state index contributed by atoms with van der Waals surface area (Å²) in [4.78, 5) is 33.8. The number of rotatable bonds is 12. The zero-order valence-corrected chi connectivity index (χ0v) is 25.5. The molecule has 0 saturated heterocycles. The Morgan fingerprint density at radius 1 is 0.853 bits per heavy atom.